The van der Waals surface area contributed by atoms with Crippen LogP contribution in [0.25, 0.3) is 0 Å². The van der Waals surface area contributed by atoms with Gasteiger partial charge in [0.1, 0.15) is 5.75 Å². The molecule has 0 fully saturated rings. The van der Waals surface area contributed by atoms with Crippen molar-refractivity contribution in [2.75, 3.05) is 7.11 Å². The van der Waals surface area contributed by atoms with Crippen molar-refractivity contribution in [3.05, 3.63) is 65.7 Å². The van der Waals surface area contributed by atoms with Gasteiger partial charge in [-0.1, -0.05) is 48.5 Å². The summed E-state index contributed by atoms with van der Waals surface area (Å²) < 4.78 is 5.19. The number of benzene rings is 2. The quantitative estimate of drug-likeness (QED) is 0.793. The molecule has 2 aromatic rings. The Bertz CT molecular complexity index is 751. The molecule has 0 radical (unpaired) electrons. The van der Waals surface area contributed by atoms with E-state index in [-0.39, 0.29) is 13.0 Å². The molecule has 0 aliphatic heterocycles. The van der Waals surface area contributed by atoms with Gasteiger partial charge in [0, 0.05) is 18.5 Å². The molecule has 0 saturated heterocycles. The number of hydrogen-bond acceptors (Lipinski definition) is 4. The first-order valence-corrected chi connectivity index (χ1v) is 7.51. The molecule has 2 rings (SSSR count). The van der Waals surface area contributed by atoms with E-state index in [0.717, 1.165) is 5.56 Å². The average Bonchev–Trinajstić information content (AvgIpc) is 2.62. The maximum absolute atomic E-state index is 12.3. The summed E-state index contributed by atoms with van der Waals surface area (Å²) in [5, 5.41) is 11.8. The van der Waals surface area contributed by atoms with Gasteiger partial charge < -0.3 is 10.1 Å². The van der Waals surface area contributed by atoms with Gasteiger partial charge in [-0.05, 0) is 11.6 Å². The molecule has 122 valence electrons. The summed E-state index contributed by atoms with van der Waals surface area (Å²) in [6.45, 7) is 0.278. The molecule has 1 amide bonds. The van der Waals surface area contributed by atoms with Gasteiger partial charge in [-0.25, -0.2) is 0 Å². The Morgan fingerprint density at radius 1 is 1.12 bits per heavy atom. The highest BCUT2D eigenvalue weighted by molar-refractivity contribution is 6.04. The Morgan fingerprint density at radius 3 is 2.46 bits per heavy atom. The van der Waals surface area contributed by atoms with E-state index >= 15 is 0 Å². The lowest BCUT2D eigenvalue weighted by Gasteiger charge is -2.11. The van der Waals surface area contributed by atoms with E-state index in [2.05, 4.69) is 5.32 Å². The first-order chi connectivity index (χ1) is 11.7. The minimum absolute atomic E-state index is 0.0268. The third-order valence-electron chi connectivity index (χ3n) is 3.58. The number of nitrogens with one attached hydrogen (secondary N) is 1. The second-order valence-electron chi connectivity index (χ2n) is 5.22. The number of carbonyl (C=O) groups is 2. The van der Waals surface area contributed by atoms with E-state index in [1.165, 1.54) is 7.11 Å². The largest absolute Gasteiger partial charge is 0.496 e. The highest BCUT2D eigenvalue weighted by atomic mass is 16.5. The number of methoxy groups -OCH3 is 1. The average molecular weight is 322 g/mol. The monoisotopic (exact) mass is 322 g/mol. The Balaban J connectivity index is 2.00. The Morgan fingerprint density at radius 2 is 1.79 bits per heavy atom. The van der Waals surface area contributed by atoms with Crippen molar-refractivity contribution in [3.63, 3.8) is 0 Å². The Labute approximate surface area is 140 Å². The fourth-order valence-electron chi connectivity index (χ4n) is 2.30. The normalized spacial score (nSPS) is 11.2. The predicted molar refractivity (Wildman–Crippen MR) is 89.1 cm³/mol. The zero-order valence-electron chi connectivity index (χ0n) is 13.4. The smallest absolute Gasteiger partial charge is 0.245 e. The lowest BCUT2D eigenvalue weighted by Crippen LogP contribution is -2.35. The molecular weight excluding hydrogens is 304 g/mol. The molecule has 0 unspecified atom stereocenters. The van der Waals surface area contributed by atoms with Crippen LogP contribution >= 0.6 is 0 Å². The maximum Gasteiger partial charge on any atom is 0.245 e. The van der Waals surface area contributed by atoms with Gasteiger partial charge in [-0.3, -0.25) is 9.59 Å². The first kappa shape index (κ1) is 17.2. The number of Topliss-reactive ketones (excluding diaryl/α,β-unsaturated/α-hetero) is 1. The maximum atomic E-state index is 12.3. The topological polar surface area (TPSA) is 79.2 Å². The number of ketones is 1. The van der Waals surface area contributed by atoms with Crippen LogP contribution in [-0.2, 0) is 22.6 Å². The van der Waals surface area contributed by atoms with Crippen LogP contribution in [0.4, 0.5) is 0 Å². The molecule has 0 spiro atoms. The van der Waals surface area contributed by atoms with Crippen LogP contribution in [0, 0.1) is 17.2 Å². The van der Waals surface area contributed by atoms with Crippen LogP contribution in [0.2, 0.25) is 0 Å². The fourth-order valence-corrected chi connectivity index (χ4v) is 2.30. The summed E-state index contributed by atoms with van der Waals surface area (Å²) in [6.07, 6.45) is -0.0268. The van der Waals surface area contributed by atoms with Crippen LogP contribution in [0.3, 0.4) is 0 Å². The highest BCUT2D eigenvalue weighted by Gasteiger charge is 2.26. The molecule has 1 N–H and O–H groups in total. The molecule has 2 aromatic carbocycles. The minimum atomic E-state index is -1.33. The number of hydrogen-bond donors (Lipinski definition) is 1. The van der Waals surface area contributed by atoms with Gasteiger partial charge in [0.15, 0.2) is 11.7 Å². The standard InChI is InChI=1S/C19H18N2O3/c1-24-18-10-6-5-9-15(18)11-17(22)16(12-20)19(23)21-13-14-7-3-2-4-8-14/h2-10,16H,11,13H2,1H3,(H,21,23)/t16-/m0/s1. The number of rotatable bonds is 7. The molecule has 0 aliphatic rings. The molecule has 0 saturated carbocycles. The van der Waals surface area contributed by atoms with Gasteiger partial charge in [0.05, 0.1) is 13.2 Å². The third kappa shape index (κ3) is 4.43. The molecule has 0 aliphatic carbocycles. The van der Waals surface area contributed by atoms with Gasteiger partial charge >= 0.3 is 0 Å². The zero-order chi connectivity index (χ0) is 17.4. The van der Waals surface area contributed by atoms with E-state index in [0.29, 0.717) is 11.3 Å². The zero-order valence-corrected chi connectivity index (χ0v) is 13.4. The molecule has 5 heteroatoms. The summed E-state index contributed by atoms with van der Waals surface area (Å²) >= 11 is 0. The van der Waals surface area contributed by atoms with Crippen LogP contribution in [0.15, 0.2) is 54.6 Å². The lowest BCUT2D eigenvalue weighted by atomic mass is 9.97. The van der Waals surface area contributed by atoms with E-state index < -0.39 is 17.6 Å². The van der Waals surface area contributed by atoms with Crippen molar-refractivity contribution in [3.8, 4) is 11.8 Å². The van der Waals surface area contributed by atoms with E-state index in [4.69, 9.17) is 4.74 Å². The van der Waals surface area contributed by atoms with Crippen molar-refractivity contribution in [1.82, 2.24) is 5.32 Å². The van der Waals surface area contributed by atoms with Gasteiger partial charge in [0.25, 0.3) is 0 Å². The van der Waals surface area contributed by atoms with Crippen LogP contribution in [0.1, 0.15) is 11.1 Å². The SMILES string of the molecule is COc1ccccc1CC(=O)[C@H](C#N)C(=O)NCc1ccccc1. The van der Waals surface area contributed by atoms with Crippen LogP contribution < -0.4 is 10.1 Å². The number of nitriles is 1. The minimum Gasteiger partial charge on any atom is -0.496 e. The highest BCUT2D eigenvalue weighted by Crippen LogP contribution is 2.19. The molecule has 1 atom stereocenters. The molecule has 0 heterocycles. The molecule has 0 bridgehead atoms. The summed E-state index contributed by atoms with van der Waals surface area (Å²) in [5.74, 6) is -1.81. The second-order valence-corrected chi connectivity index (χ2v) is 5.22. The van der Waals surface area contributed by atoms with Gasteiger partial charge in [-0.15, -0.1) is 0 Å². The number of nitrogens with zero attached hydrogens (tertiary/aromatic N) is 1. The predicted octanol–water partition coefficient (Wildman–Crippen LogP) is 2.26. The summed E-state index contributed by atoms with van der Waals surface area (Å²) in [5.41, 5.74) is 1.56. The Hall–Kier alpha value is -3.13. The first-order valence-electron chi connectivity index (χ1n) is 7.51. The van der Waals surface area contributed by atoms with Gasteiger partial charge in [0.2, 0.25) is 5.91 Å². The molecular formula is C19H18N2O3. The van der Waals surface area contributed by atoms with Gasteiger partial charge in [-0.2, -0.15) is 5.26 Å². The summed E-state index contributed by atoms with van der Waals surface area (Å²) in [6, 6.07) is 18.2. The number of amides is 1. The van der Waals surface area contributed by atoms with Crippen molar-refractivity contribution in [2.45, 2.75) is 13.0 Å². The lowest BCUT2D eigenvalue weighted by molar-refractivity contribution is -0.131. The van der Waals surface area contributed by atoms with Crippen LogP contribution in [-0.4, -0.2) is 18.8 Å². The molecule has 5 nitrogen and oxygen atoms in total. The Kier molecular flexibility index (Phi) is 6.09. The number of ether oxygens (including phenoxy) is 1. The van der Waals surface area contributed by atoms with Crippen molar-refractivity contribution < 1.29 is 14.3 Å². The molecule has 24 heavy (non-hydrogen) atoms. The van der Waals surface area contributed by atoms with Crippen molar-refractivity contribution in [2.24, 2.45) is 5.92 Å². The number of para-hydroxylation sites is 1. The number of carbonyl (C=O) groups excluding carboxylic acids is 2. The second kappa shape index (κ2) is 8.49. The van der Waals surface area contributed by atoms with Crippen LogP contribution in [0.5, 0.6) is 5.75 Å². The summed E-state index contributed by atoms with van der Waals surface area (Å²) in [7, 11) is 1.51. The third-order valence-corrected chi connectivity index (χ3v) is 3.58. The summed E-state index contributed by atoms with van der Waals surface area (Å²) in [4.78, 5) is 24.5. The molecule has 0 aromatic heterocycles. The fraction of sp³-hybridized carbons (Fsp3) is 0.211. The van der Waals surface area contributed by atoms with Crippen molar-refractivity contribution in [1.29, 1.82) is 5.26 Å². The van der Waals surface area contributed by atoms with Crippen molar-refractivity contribution >= 4 is 11.7 Å². The van der Waals surface area contributed by atoms with E-state index in [1.807, 2.05) is 30.3 Å². The van der Waals surface area contributed by atoms with E-state index in [1.54, 1.807) is 30.3 Å². The van der Waals surface area contributed by atoms with E-state index in [9.17, 15) is 14.9 Å².